The predicted molar refractivity (Wildman–Crippen MR) is 95.8 cm³/mol. The molecule has 4 rings (SSSR count). The lowest BCUT2D eigenvalue weighted by atomic mass is 10.1. The standard InChI is InChI=1S/C18H19FN6O2/c1-26-14-4-2-13(3-5-14)17-16(19)18(21-11-20-17)25-8-6-24(7-9-25)10-15-23-22-12-27-15/h2-5,11-12H,6-10H2,1H3. The fourth-order valence-corrected chi connectivity index (χ4v) is 3.11. The third-order valence-electron chi connectivity index (χ3n) is 4.57. The van der Waals surface area contributed by atoms with Crippen molar-refractivity contribution in [2.75, 3.05) is 38.2 Å². The third-order valence-corrected chi connectivity index (χ3v) is 4.57. The SMILES string of the molecule is COc1ccc(-c2ncnc(N3CCN(Cc4nnco4)CC3)c2F)cc1. The van der Waals surface area contributed by atoms with Gasteiger partial charge in [-0.05, 0) is 24.3 Å². The predicted octanol–water partition coefficient (Wildman–Crippen LogP) is 2.00. The highest BCUT2D eigenvalue weighted by molar-refractivity contribution is 5.64. The van der Waals surface area contributed by atoms with Crippen LogP contribution in [-0.4, -0.2) is 58.4 Å². The molecule has 1 aliphatic rings. The van der Waals surface area contributed by atoms with E-state index in [9.17, 15) is 0 Å². The monoisotopic (exact) mass is 370 g/mol. The van der Waals surface area contributed by atoms with Crippen molar-refractivity contribution in [3.8, 4) is 17.0 Å². The van der Waals surface area contributed by atoms with E-state index in [1.165, 1.54) is 12.7 Å². The van der Waals surface area contributed by atoms with Gasteiger partial charge < -0.3 is 14.1 Å². The number of rotatable bonds is 5. The van der Waals surface area contributed by atoms with E-state index in [-0.39, 0.29) is 5.69 Å². The normalized spacial score (nSPS) is 15.1. The smallest absolute Gasteiger partial charge is 0.230 e. The molecule has 140 valence electrons. The molecule has 0 amide bonds. The van der Waals surface area contributed by atoms with E-state index in [2.05, 4.69) is 25.1 Å². The number of benzene rings is 1. The highest BCUT2D eigenvalue weighted by atomic mass is 19.1. The molecular weight excluding hydrogens is 351 g/mol. The van der Waals surface area contributed by atoms with Crippen LogP contribution in [0.1, 0.15) is 5.89 Å². The molecule has 8 nitrogen and oxygen atoms in total. The number of hydrogen-bond acceptors (Lipinski definition) is 8. The maximum absolute atomic E-state index is 15.1. The van der Waals surface area contributed by atoms with E-state index in [0.717, 1.165) is 13.1 Å². The summed E-state index contributed by atoms with van der Waals surface area (Å²) in [6.45, 7) is 3.42. The van der Waals surface area contributed by atoms with Crippen LogP contribution >= 0.6 is 0 Å². The second kappa shape index (κ2) is 7.67. The summed E-state index contributed by atoms with van der Waals surface area (Å²) in [4.78, 5) is 12.4. The lowest BCUT2D eigenvalue weighted by Crippen LogP contribution is -2.46. The Hall–Kier alpha value is -3.07. The van der Waals surface area contributed by atoms with Gasteiger partial charge in [-0.1, -0.05) is 0 Å². The van der Waals surface area contributed by atoms with Crippen LogP contribution in [0, 0.1) is 5.82 Å². The first-order valence-electron chi connectivity index (χ1n) is 8.62. The molecule has 2 aromatic heterocycles. The lowest BCUT2D eigenvalue weighted by Gasteiger charge is -2.34. The Labute approximate surface area is 155 Å². The van der Waals surface area contributed by atoms with E-state index in [1.807, 2.05) is 4.90 Å². The largest absolute Gasteiger partial charge is 0.497 e. The van der Waals surface area contributed by atoms with Crippen LogP contribution in [0.5, 0.6) is 5.75 Å². The maximum Gasteiger partial charge on any atom is 0.230 e. The second-order valence-corrected chi connectivity index (χ2v) is 6.18. The Balaban J connectivity index is 1.48. The molecule has 0 N–H and O–H groups in total. The quantitative estimate of drug-likeness (QED) is 0.675. The number of anilines is 1. The van der Waals surface area contributed by atoms with Gasteiger partial charge >= 0.3 is 0 Å². The zero-order chi connectivity index (χ0) is 18.6. The molecule has 0 spiro atoms. The average Bonchev–Trinajstić information content (AvgIpc) is 3.22. The Bertz CT molecular complexity index is 879. The van der Waals surface area contributed by atoms with Crippen LogP contribution in [0.25, 0.3) is 11.3 Å². The molecule has 0 atom stereocenters. The molecule has 1 saturated heterocycles. The van der Waals surface area contributed by atoms with Crippen LogP contribution in [0.3, 0.4) is 0 Å². The van der Waals surface area contributed by atoms with Crippen molar-refractivity contribution in [3.05, 3.63) is 48.7 Å². The van der Waals surface area contributed by atoms with Crippen LogP contribution in [-0.2, 0) is 6.54 Å². The van der Waals surface area contributed by atoms with Crippen LogP contribution < -0.4 is 9.64 Å². The first kappa shape index (κ1) is 17.3. The topological polar surface area (TPSA) is 80.4 Å². The minimum atomic E-state index is -0.409. The van der Waals surface area contributed by atoms with E-state index < -0.39 is 5.82 Å². The van der Waals surface area contributed by atoms with E-state index >= 15 is 4.39 Å². The Morgan fingerprint density at radius 1 is 1.11 bits per heavy atom. The summed E-state index contributed by atoms with van der Waals surface area (Å²) >= 11 is 0. The molecule has 9 heteroatoms. The van der Waals surface area contributed by atoms with Gasteiger partial charge in [-0.25, -0.2) is 14.4 Å². The Kier molecular flexibility index (Phi) is 4.93. The molecule has 3 heterocycles. The maximum atomic E-state index is 15.1. The van der Waals surface area contributed by atoms with Gasteiger partial charge in [0.25, 0.3) is 0 Å². The summed E-state index contributed by atoms with van der Waals surface area (Å²) in [5, 5.41) is 7.58. The van der Waals surface area contributed by atoms with Crippen LogP contribution in [0.2, 0.25) is 0 Å². The number of aromatic nitrogens is 4. The minimum Gasteiger partial charge on any atom is -0.497 e. The molecule has 0 unspecified atom stereocenters. The molecule has 27 heavy (non-hydrogen) atoms. The third kappa shape index (κ3) is 3.72. The summed E-state index contributed by atoms with van der Waals surface area (Å²) in [6.07, 6.45) is 2.73. The molecule has 1 aromatic carbocycles. The van der Waals surface area contributed by atoms with Crippen molar-refractivity contribution in [1.82, 2.24) is 25.1 Å². The van der Waals surface area contributed by atoms with Gasteiger partial charge in [0.15, 0.2) is 11.6 Å². The van der Waals surface area contributed by atoms with Crippen molar-refractivity contribution < 1.29 is 13.5 Å². The summed E-state index contributed by atoms with van der Waals surface area (Å²) in [5.41, 5.74) is 0.975. The van der Waals surface area contributed by atoms with Crippen molar-refractivity contribution in [2.45, 2.75) is 6.54 Å². The molecule has 1 fully saturated rings. The van der Waals surface area contributed by atoms with Crippen molar-refractivity contribution in [2.24, 2.45) is 0 Å². The zero-order valence-corrected chi connectivity index (χ0v) is 14.9. The molecule has 1 aliphatic heterocycles. The molecular formula is C18H19FN6O2. The minimum absolute atomic E-state index is 0.288. The molecule has 0 radical (unpaired) electrons. The summed E-state index contributed by atoms with van der Waals surface area (Å²) in [7, 11) is 1.59. The highest BCUT2D eigenvalue weighted by Crippen LogP contribution is 2.28. The zero-order valence-electron chi connectivity index (χ0n) is 14.9. The van der Waals surface area contributed by atoms with Gasteiger partial charge in [-0.3, -0.25) is 4.90 Å². The number of ether oxygens (including phenoxy) is 1. The highest BCUT2D eigenvalue weighted by Gasteiger charge is 2.23. The van der Waals surface area contributed by atoms with E-state index in [4.69, 9.17) is 9.15 Å². The fraction of sp³-hybridized carbons (Fsp3) is 0.333. The van der Waals surface area contributed by atoms with E-state index in [0.29, 0.717) is 42.7 Å². The van der Waals surface area contributed by atoms with Crippen LogP contribution in [0.4, 0.5) is 10.2 Å². The Morgan fingerprint density at radius 2 is 1.89 bits per heavy atom. The number of methoxy groups -OCH3 is 1. The fourth-order valence-electron chi connectivity index (χ4n) is 3.11. The first-order valence-corrected chi connectivity index (χ1v) is 8.62. The lowest BCUT2D eigenvalue weighted by molar-refractivity contribution is 0.225. The average molecular weight is 370 g/mol. The number of hydrogen-bond donors (Lipinski definition) is 0. The Morgan fingerprint density at radius 3 is 2.56 bits per heavy atom. The van der Waals surface area contributed by atoms with Gasteiger partial charge in [0, 0.05) is 31.7 Å². The molecule has 0 saturated carbocycles. The van der Waals surface area contributed by atoms with Crippen molar-refractivity contribution in [3.63, 3.8) is 0 Å². The summed E-state index contributed by atoms with van der Waals surface area (Å²) in [6, 6.07) is 7.15. The van der Waals surface area contributed by atoms with Gasteiger partial charge in [-0.2, -0.15) is 0 Å². The van der Waals surface area contributed by atoms with Crippen molar-refractivity contribution >= 4 is 5.82 Å². The summed E-state index contributed by atoms with van der Waals surface area (Å²) < 4.78 is 25.4. The summed E-state index contributed by atoms with van der Waals surface area (Å²) in [5.74, 6) is 1.21. The van der Waals surface area contributed by atoms with Gasteiger partial charge in [0.2, 0.25) is 12.3 Å². The van der Waals surface area contributed by atoms with Gasteiger partial charge in [0.05, 0.1) is 13.7 Å². The molecule has 0 aliphatic carbocycles. The first-order chi connectivity index (χ1) is 13.2. The number of halogens is 1. The number of piperazine rings is 1. The number of nitrogens with zero attached hydrogens (tertiary/aromatic N) is 6. The molecule has 3 aromatic rings. The van der Waals surface area contributed by atoms with Gasteiger partial charge in [0.1, 0.15) is 17.8 Å². The van der Waals surface area contributed by atoms with Crippen molar-refractivity contribution in [1.29, 1.82) is 0 Å². The van der Waals surface area contributed by atoms with E-state index in [1.54, 1.807) is 31.4 Å². The van der Waals surface area contributed by atoms with Gasteiger partial charge in [-0.15, -0.1) is 10.2 Å². The molecule has 0 bridgehead atoms. The second-order valence-electron chi connectivity index (χ2n) is 6.18. The van der Waals surface area contributed by atoms with Crippen LogP contribution in [0.15, 0.2) is 41.4 Å².